The van der Waals surface area contributed by atoms with Crippen LogP contribution in [0.4, 0.5) is 24.5 Å². The minimum absolute atomic E-state index is 0.292. The average Bonchev–Trinajstić information content (AvgIpc) is 1.99. The van der Waals surface area contributed by atoms with Crippen LogP contribution < -0.4 is 5.73 Å². The first kappa shape index (κ1) is 11.8. The van der Waals surface area contributed by atoms with Gasteiger partial charge in [-0.2, -0.15) is 13.2 Å². The lowest BCUT2D eigenvalue weighted by molar-refractivity contribution is -0.384. The number of nitrogens with zero attached hydrogens (tertiary/aromatic N) is 1. The third kappa shape index (κ3) is 2.38. The van der Waals surface area contributed by atoms with Gasteiger partial charge in [0, 0.05) is 0 Å². The summed E-state index contributed by atoms with van der Waals surface area (Å²) >= 11 is 2.67. The zero-order valence-electron chi connectivity index (χ0n) is 7.01. The maximum atomic E-state index is 12.2. The van der Waals surface area contributed by atoms with E-state index in [1.807, 2.05) is 0 Å². The van der Waals surface area contributed by atoms with E-state index in [2.05, 4.69) is 15.9 Å². The van der Waals surface area contributed by atoms with Gasteiger partial charge in [0.1, 0.15) is 5.69 Å². The fraction of sp³-hybridized carbons (Fsp3) is 0.143. The first-order valence-electron chi connectivity index (χ1n) is 3.54. The highest BCUT2D eigenvalue weighted by molar-refractivity contribution is 9.10. The third-order valence-corrected chi connectivity index (χ3v) is 2.21. The summed E-state index contributed by atoms with van der Waals surface area (Å²) in [6.07, 6.45) is -4.58. The number of nitro groups is 1. The van der Waals surface area contributed by atoms with Crippen LogP contribution >= 0.6 is 15.9 Å². The van der Waals surface area contributed by atoms with E-state index in [1.54, 1.807) is 0 Å². The molecule has 82 valence electrons. The van der Waals surface area contributed by atoms with E-state index in [1.165, 1.54) is 0 Å². The predicted molar refractivity (Wildman–Crippen MR) is 50.2 cm³/mol. The molecule has 0 bridgehead atoms. The van der Waals surface area contributed by atoms with Crippen molar-refractivity contribution in [1.29, 1.82) is 0 Å². The summed E-state index contributed by atoms with van der Waals surface area (Å²) in [7, 11) is 0. The van der Waals surface area contributed by atoms with Gasteiger partial charge in [0.25, 0.3) is 0 Å². The number of nitrogen functional groups attached to an aromatic ring is 1. The summed E-state index contributed by atoms with van der Waals surface area (Å²) in [4.78, 5) is 9.57. The molecule has 1 aromatic carbocycles. The Kier molecular flexibility index (Phi) is 2.89. The van der Waals surface area contributed by atoms with Crippen molar-refractivity contribution in [2.24, 2.45) is 0 Å². The molecular formula is C7H4BrF3N2O2. The highest BCUT2D eigenvalue weighted by Crippen LogP contribution is 2.38. The fourth-order valence-electron chi connectivity index (χ4n) is 0.977. The van der Waals surface area contributed by atoms with Crippen LogP contribution in [-0.2, 0) is 6.18 Å². The Labute approximate surface area is 90.2 Å². The van der Waals surface area contributed by atoms with Gasteiger partial charge in [-0.15, -0.1) is 0 Å². The molecule has 0 aliphatic rings. The van der Waals surface area contributed by atoms with Crippen LogP contribution in [0.1, 0.15) is 5.56 Å². The molecule has 1 aromatic rings. The molecule has 8 heteroatoms. The zero-order valence-corrected chi connectivity index (χ0v) is 8.59. The van der Waals surface area contributed by atoms with Gasteiger partial charge in [0.05, 0.1) is 15.0 Å². The van der Waals surface area contributed by atoms with Crippen molar-refractivity contribution in [2.75, 3.05) is 5.73 Å². The van der Waals surface area contributed by atoms with E-state index in [-0.39, 0.29) is 4.47 Å². The molecule has 0 heterocycles. The summed E-state index contributed by atoms with van der Waals surface area (Å²) in [5.74, 6) is 0. The summed E-state index contributed by atoms with van der Waals surface area (Å²) in [6.45, 7) is 0. The summed E-state index contributed by atoms with van der Waals surface area (Å²) in [6, 6.07) is 1.15. The number of alkyl halides is 3. The minimum atomic E-state index is -4.58. The molecule has 0 fully saturated rings. The van der Waals surface area contributed by atoms with E-state index in [9.17, 15) is 23.3 Å². The zero-order chi connectivity index (χ0) is 11.8. The van der Waals surface area contributed by atoms with Crippen molar-refractivity contribution in [3.05, 3.63) is 32.3 Å². The molecule has 4 nitrogen and oxygen atoms in total. The number of nitro benzene ring substituents is 1. The van der Waals surface area contributed by atoms with E-state index >= 15 is 0 Å². The predicted octanol–water partition coefficient (Wildman–Crippen LogP) is 2.96. The van der Waals surface area contributed by atoms with Gasteiger partial charge in [0.2, 0.25) is 0 Å². The van der Waals surface area contributed by atoms with Crippen LogP contribution in [0.5, 0.6) is 0 Å². The van der Waals surface area contributed by atoms with E-state index < -0.39 is 28.0 Å². The van der Waals surface area contributed by atoms with Crippen molar-refractivity contribution in [3.8, 4) is 0 Å². The van der Waals surface area contributed by atoms with Crippen molar-refractivity contribution < 1.29 is 18.1 Å². The summed E-state index contributed by atoms with van der Waals surface area (Å²) < 4.78 is 36.4. The largest absolute Gasteiger partial charge is 0.416 e. The van der Waals surface area contributed by atoms with E-state index in [0.29, 0.717) is 12.1 Å². The van der Waals surface area contributed by atoms with Gasteiger partial charge in [-0.05, 0) is 28.1 Å². The Morgan fingerprint density at radius 1 is 1.40 bits per heavy atom. The molecular weight excluding hydrogens is 281 g/mol. The number of rotatable bonds is 1. The van der Waals surface area contributed by atoms with Crippen LogP contribution in [0.2, 0.25) is 0 Å². The molecule has 0 atom stereocenters. The Bertz CT molecular complexity index is 396. The topological polar surface area (TPSA) is 69.2 Å². The van der Waals surface area contributed by atoms with Gasteiger partial charge in [-0.25, -0.2) is 0 Å². The lowest BCUT2D eigenvalue weighted by Gasteiger charge is -2.08. The third-order valence-electron chi connectivity index (χ3n) is 1.60. The van der Waals surface area contributed by atoms with Gasteiger partial charge in [-0.1, -0.05) is 0 Å². The lowest BCUT2D eigenvalue weighted by atomic mass is 10.1. The SMILES string of the molecule is Nc1cc(C(F)(F)F)cc(Br)c1[N+](=O)[O-]. The normalized spacial score (nSPS) is 11.5. The number of anilines is 1. The van der Waals surface area contributed by atoms with E-state index in [0.717, 1.165) is 0 Å². The Morgan fingerprint density at radius 3 is 2.27 bits per heavy atom. The number of hydrogen-bond acceptors (Lipinski definition) is 3. The van der Waals surface area contributed by atoms with Crippen LogP contribution in [0.3, 0.4) is 0 Å². The Balaban J connectivity index is 3.39. The standard InChI is InChI=1S/C7H4BrF3N2O2/c8-4-1-3(7(9,10)11)2-5(12)6(4)13(14)15/h1-2H,12H2. The molecule has 0 aliphatic carbocycles. The van der Waals surface area contributed by atoms with E-state index in [4.69, 9.17) is 5.73 Å². The lowest BCUT2D eigenvalue weighted by Crippen LogP contribution is -2.07. The monoisotopic (exact) mass is 284 g/mol. The highest BCUT2D eigenvalue weighted by Gasteiger charge is 2.33. The second kappa shape index (κ2) is 3.69. The van der Waals surface area contributed by atoms with Crippen LogP contribution in [0, 0.1) is 10.1 Å². The molecule has 0 aliphatic heterocycles. The Morgan fingerprint density at radius 2 is 1.93 bits per heavy atom. The molecule has 0 saturated carbocycles. The Hall–Kier alpha value is -1.31. The van der Waals surface area contributed by atoms with Crippen LogP contribution in [0.15, 0.2) is 16.6 Å². The molecule has 0 saturated heterocycles. The van der Waals surface area contributed by atoms with Crippen molar-refractivity contribution in [2.45, 2.75) is 6.18 Å². The molecule has 0 unspecified atom stereocenters. The van der Waals surface area contributed by atoms with Crippen molar-refractivity contribution in [3.63, 3.8) is 0 Å². The first-order chi connectivity index (χ1) is 6.73. The molecule has 1 rings (SSSR count). The van der Waals surface area contributed by atoms with Gasteiger partial charge in [0.15, 0.2) is 0 Å². The molecule has 0 aromatic heterocycles. The summed E-state index contributed by atoms with van der Waals surface area (Å²) in [5.41, 5.74) is 3.03. The smallest absolute Gasteiger partial charge is 0.393 e. The number of benzene rings is 1. The van der Waals surface area contributed by atoms with Gasteiger partial charge >= 0.3 is 11.9 Å². The maximum Gasteiger partial charge on any atom is 0.416 e. The number of nitrogens with two attached hydrogens (primary N) is 1. The fourth-order valence-corrected chi connectivity index (χ4v) is 1.60. The van der Waals surface area contributed by atoms with Gasteiger partial charge < -0.3 is 5.73 Å². The molecule has 2 N–H and O–H groups in total. The summed E-state index contributed by atoms with van der Waals surface area (Å²) in [5, 5.41) is 10.4. The first-order valence-corrected chi connectivity index (χ1v) is 4.33. The number of hydrogen-bond donors (Lipinski definition) is 1. The molecule has 0 radical (unpaired) electrons. The number of halogens is 4. The maximum absolute atomic E-state index is 12.2. The second-order valence-corrected chi connectivity index (χ2v) is 3.51. The average molecular weight is 285 g/mol. The van der Waals surface area contributed by atoms with Crippen LogP contribution in [0.25, 0.3) is 0 Å². The second-order valence-electron chi connectivity index (χ2n) is 2.65. The van der Waals surface area contributed by atoms with Crippen molar-refractivity contribution in [1.82, 2.24) is 0 Å². The molecule has 0 amide bonds. The molecule has 0 spiro atoms. The molecule has 15 heavy (non-hydrogen) atoms. The minimum Gasteiger partial charge on any atom is -0.393 e. The van der Waals surface area contributed by atoms with Crippen molar-refractivity contribution >= 4 is 27.3 Å². The van der Waals surface area contributed by atoms with Crippen LogP contribution in [-0.4, -0.2) is 4.92 Å². The highest BCUT2D eigenvalue weighted by atomic mass is 79.9. The van der Waals surface area contributed by atoms with Gasteiger partial charge in [-0.3, -0.25) is 10.1 Å². The quantitative estimate of drug-likeness (QED) is 0.490.